The highest BCUT2D eigenvalue weighted by Crippen LogP contribution is 2.31. The van der Waals surface area contributed by atoms with Gasteiger partial charge < -0.3 is 14.4 Å². The zero-order valence-electron chi connectivity index (χ0n) is 12.3. The summed E-state index contributed by atoms with van der Waals surface area (Å²) in [4.78, 5) is 1.94. The fraction of sp³-hybridized carbons (Fsp3) is 0.375. The van der Waals surface area contributed by atoms with Gasteiger partial charge in [-0.1, -0.05) is 12.1 Å². The zero-order valence-corrected chi connectivity index (χ0v) is 12.3. The van der Waals surface area contributed by atoms with Crippen LogP contribution >= 0.6 is 0 Å². The van der Waals surface area contributed by atoms with Crippen molar-refractivity contribution in [1.82, 2.24) is 10.2 Å². The van der Waals surface area contributed by atoms with Crippen LogP contribution in [0.5, 0.6) is 11.5 Å². The molecule has 0 fully saturated rings. The minimum absolute atomic E-state index is 0.0650. The minimum atomic E-state index is 0.0650. The summed E-state index contributed by atoms with van der Waals surface area (Å²) in [5, 5.41) is 8.42. The second kappa shape index (κ2) is 5.99. The number of aryl methyl sites for hydroxylation is 1. The number of fused-ring (bicyclic) bond motifs is 1. The van der Waals surface area contributed by atoms with E-state index in [-0.39, 0.29) is 6.10 Å². The molecule has 110 valence electrons. The van der Waals surface area contributed by atoms with Gasteiger partial charge in [-0.05, 0) is 37.1 Å². The third-order valence-corrected chi connectivity index (χ3v) is 3.45. The highest BCUT2D eigenvalue weighted by molar-refractivity contribution is 5.40. The standard InChI is InChI=1S/C16H19N3O2/c1-19(2)16-10-8-12(17-18-16)7-9-13-11-20-14-5-3-4-6-15(14)21-13/h3-6,8,10,13H,7,9,11H2,1-2H3. The average Bonchev–Trinajstić information content (AvgIpc) is 2.53. The predicted octanol–water partition coefficient (Wildman–Crippen LogP) is 2.32. The molecule has 21 heavy (non-hydrogen) atoms. The molecule has 0 N–H and O–H groups in total. The smallest absolute Gasteiger partial charge is 0.161 e. The summed E-state index contributed by atoms with van der Waals surface area (Å²) >= 11 is 0. The summed E-state index contributed by atoms with van der Waals surface area (Å²) in [7, 11) is 3.91. The van der Waals surface area contributed by atoms with E-state index >= 15 is 0 Å². The van der Waals surface area contributed by atoms with E-state index in [4.69, 9.17) is 9.47 Å². The summed E-state index contributed by atoms with van der Waals surface area (Å²) in [6.45, 7) is 0.584. The summed E-state index contributed by atoms with van der Waals surface area (Å²) in [6, 6.07) is 11.8. The second-order valence-corrected chi connectivity index (χ2v) is 5.31. The number of para-hydroxylation sites is 2. The van der Waals surface area contributed by atoms with Gasteiger partial charge >= 0.3 is 0 Å². The summed E-state index contributed by atoms with van der Waals surface area (Å²) in [6.07, 6.45) is 1.76. The lowest BCUT2D eigenvalue weighted by Gasteiger charge is -2.26. The van der Waals surface area contributed by atoms with E-state index in [2.05, 4.69) is 10.2 Å². The van der Waals surface area contributed by atoms with E-state index < -0.39 is 0 Å². The van der Waals surface area contributed by atoms with Gasteiger partial charge in [0.1, 0.15) is 12.7 Å². The Labute approximate surface area is 124 Å². The average molecular weight is 285 g/mol. The van der Waals surface area contributed by atoms with E-state index in [1.807, 2.05) is 55.4 Å². The molecule has 1 aromatic carbocycles. The van der Waals surface area contributed by atoms with Gasteiger partial charge in [-0.3, -0.25) is 0 Å². The van der Waals surface area contributed by atoms with Gasteiger partial charge in [0, 0.05) is 14.1 Å². The van der Waals surface area contributed by atoms with Crippen LogP contribution in [0.1, 0.15) is 12.1 Å². The fourth-order valence-corrected chi connectivity index (χ4v) is 2.24. The zero-order chi connectivity index (χ0) is 14.7. The van der Waals surface area contributed by atoms with E-state index in [0.717, 1.165) is 35.9 Å². The first-order valence-corrected chi connectivity index (χ1v) is 7.11. The van der Waals surface area contributed by atoms with Crippen LogP contribution in [0.25, 0.3) is 0 Å². The molecule has 0 bridgehead atoms. The molecule has 1 aromatic heterocycles. The molecule has 1 aliphatic rings. The van der Waals surface area contributed by atoms with Gasteiger partial charge in [0.2, 0.25) is 0 Å². The van der Waals surface area contributed by atoms with Gasteiger partial charge in [-0.15, -0.1) is 5.10 Å². The first-order valence-electron chi connectivity index (χ1n) is 7.11. The van der Waals surface area contributed by atoms with E-state index in [9.17, 15) is 0 Å². The monoisotopic (exact) mass is 285 g/mol. The Morgan fingerprint density at radius 1 is 1.10 bits per heavy atom. The molecule has 5 heteroatoms. The Morgan fingerprint density at radius 3 is 2.62 bits per heavy atom. The lowest BCUT2D eigenvalue weighted by molar-refractivity contribution is 0.0849. The normalized spacial score (nSPS) is 16.6. The first kappa shape index (κ1) is 13.7. The van der Waals surface area contributed by atoms with Crippen LogP contribution in [0.4, 0.5) is 5.82 Å². The lowest BCUT2D eigenvalue weighted by atomic mass is 10.1. The Hall–Kier alpha value is -2.30. The fourth-order valence-electron chi connectivity index (χ4n) is 2.24. The van der Waals surface area contributed by atoms with Crippen LogP contribution in [-0.4, -0.2) is 37.0 Å². The van der Waals surface area contributed by atoms with Crippen LogP contribution in [-0.2, 0) is 6.42 Å². The predicted molar refractivity (Wildman–Crippen MR) is 81.0 cm³/mol. The van der Waals surface area contributed by atoms with Crippen LogP contribution in [0, 0.1) is 0 Å². The van der Waals surface area contributed by atoms with E-state index in [1.165, 1.54) is 0 Å². The molecule has 0 aliphatic carbocycles. The number of rotatable bonds is 4. The van der Waals surface area contributed by atoms with Crippen LogP contribution in [0.3, 0.4) is 0 Å². The van der Waals surface area contributed by atoms with Crippen molar-refractivity contribution in [3.8, 4) is 11.5 Å². The molecule has 3 rings (SSSR count). The van der Waals surface area contributed by atoms with E-state index in [1.54, 1.807) is 0 Å². The topological polar surface area (TPSA) is 47.5 Å². The van der Waals surface area contributed by atoms with Crippen LogP contribution < -0.4 is 14.4 Å². The maximum atomic E-state index is 5.93. The van der Waals surface area contributed by atoms with Crippen molar-refractivity contribution in [1.29, 1.82) is 0 Å². The second-order valence-electron chi connectivity index (χ2n) is 5.31. The molecule has 1 aliphatic heterocycles. The number of hydrogen-bond donors (Lipinski definition) is 0. The highest BCUT2D eigenvalue weighted by atomic mass is 16.6. The number of hydrogen-bond acceptors (Lipinski definition) is 5. The Balaban J connectivity index is 1.56. The van der Waals surface area contributed by atoms with Crippen molar-refractivity contribution in [3.63, 3.8) is 0 Å². The third-order valence-electron chi connectivity index (χ3n) is 3.45. The SMILES string of the molecule is CN(C)c1ccc(CCC2COc3ccccc3O2)nn1. The molecule has 5 nitrogen and oxygen atoms in total. The number of anilines is 1. The molecule has 0 radical (unpaired) electrons. The van der Waals surface area contributed by atoms with Crippen molar-refractivity contribution in [2.45, 2.75) is 18.9 Å². The number of benzene rings is 1. The van der Waals surface area contributed by atoms with Gasteiger partial charge in [0.25, 0.3) is 0 Å². The number of ether oxygens (including phenoxy) is 2. The molecule has 0 saturated carbocycles. The Kier molecular flexibility index (Phi) is 3.90. The molecule has 2 aromatic rings. The van der Waals surface area contributed by atoms with Crippen LogP contribution in [0.2, 0.25) is 0 Å². The number of nitrogens with zero attached hydrogens (tertiary/aromatic N) is 3. The van der Waals surface area contributed by atoms with Gasteiger partial charge in [-0.2, -0.15) is 5.10 Å². The first-order chi connectivity index (χ1) is 10.2. The van der Waals surface area contributed by atoms with Gasteiger partial charge in [0.15, 0.2) is 17.3 Å². The molecule has 0 spiro atoms. The largest absolute Gasteiger partial charge is 0.486 e. The molecule has 0 saturated heterocycles. The third kappa shape index (κ3) is 3.24. The highest BCUT2D eigenvalue weighted by Gasteiger charge is 2.20. The lowest BCUT2D eigenvalue weighted by Crippen LogP contribution is -2.29. The maximum absolute atomic E-state index is 5.93. The molecular formula is C16H19N3O2. The molecule has 1 atom stereocenters. The quantitative estimate of drug-likeness (QED) is 0.862. The maximum Gasteiger partial charge on any atom is 0.161 e. The molecule has 0 amide bonds. The number of aromatic nitrogens is 2. The minimum Gasteiger partial charge on any atom is -0.486 e. The van der Waals surface area contributed by atoms with Crippen molar-refractivity contribution in [2.75, 3.05) is 25.6 Å². The summed E-state index contributed by atoms with van der Waals surface area (Å²) in [5.41, 5.74) is 0.975. The Bertz CT molecular complexity index is 599. The van der Waals surface area contributed by atoms with Crippen molar-refractivity contribution in [2.24, 2.45) is 0 Å². The van der Waals surface area contributed by atoms with Crippen LogP contribution in [0.15, 0.2) is 36.4 Å². The van der Waals surface area contributed by atoms with Gasteiger partial charge in [-0.25, -0.2) is 0 Å². The van der Waals surface area contributed by atoms with Crippen molar-refractivity contribution >= 4 is 5.82 Å². The van der Waals surface area contributed by atoms with Crippen molar-refractivity contribution < 1.29 is 9.47 Å². The summed E-state index contributed by atoms with van der Waals surface area (Å²) < 4.78 is 11.6. The Morgan fingerprint density at radius 2 is 1.90 bits per heavy atom. The molecule has 2 heterocycles. The van der Waals surface area contributed by atoms with Gasteiger partial charge in [0.05, 0.1) is 5.69 Å². The molecular weight excluding hydrogens is 266 g/mol. The van der Waals surface area contributed by atoms with Crippen molar-refractivity contribution in [3.05, 3.63) is 42.1 Å². The van der Waals surface area contributed by atoms with E-state index in [0.29, 0.717) is 6.61 Å². The molecule has 1 unspecified atom stereocenters. The summed E-state index contributed by atoms with van der Waals surface area (Å²) in [5.74, 6) is 2.51.